The van der Waals surface area contributed by atoms with Gasteiger partial charge in [-0.15, -0.1) is 0 Å². The number of piperidine rings is 1. The number of hydrogen-bond acceptors (Lipinski definition) is 3. The first kappa shape index (κ1) is 15.0. The predicted molar refractivity (Wildman–Crippen MR) is 83.2 cm³/mol. The fourth-order valence-electron chi connectivity index (χ4n) is 3.61. The normalized spacial score (nSPS) is 26.4. The van der Waals surface area contributed by atoms with Gasteiger partial charge < -0.3 is 0 Å². The van der Waals surface area contributed by atoms with E-state index in [2.05, 4.69) is 33.9 Å². The van der Waals surface area contributed by atoms with Crippen LogP contribution < -0.4 is 4.72 Å². The van der Waals surface area contributed by atoms with Gasteiger partial charge in [0.25, 0.3) is 10.2 Å². The number of fused-ring (bicyclic) bond motifs is 3. The van der Waals surface area contributed by atoms with Gasteiger partial charge in [-0.25, -0.2) is 4.72 Å². The van der Waals surface area contributed by atoms with Crippen molar-refractivity contribution in [2.75, 3.05) is 27.2 Å². The largest absolute Gasteiger partial charge is 0.296 e. The van der Waals surface area contributed by atoms with E-state index >= 15 is 0 Å². The second-order valence-electron chi connectivity index (χ2n) is 5.90. The van der Waals surface area contributed by atoms with Crippen molar-refractivity contribution in [1.82, 2.24) is 13.9 Å². The van der Waals surface area contributed by atoms with Crippen LogP contribution in [0, 0.1) is 0 Å². The minimum Gasteiger partial charge on any atom is -0.296 e. The topological polar surface area (TPSA) is 52.7 Å². The van der Waals surface area contributed by atoms with Crippen molar-refractivity contribution in [3.05, 3.63) is 35.4 Å². The third kappa shape index (κ3) is 2.73. The summed E-state index contributed by atoms with van der Waals surface area (Å²) in [6.07, 6.45) is 2.87. The van der Waals surface area contributed by atoms with E-state index in [0.29, 0.717) is 6.04 Å². The van der Waals surface area contributed by atoms with Gasteiger partial charge in [-0.1, -0.05) is 24.3 Å². The van der Waals surface area contributed by atoms with Gasteiger partial charge in [0.1, 0.15) is 0 Å². The molecule has 1 fully saturated rings. The SMILES string of the molecule is CNS(=O)(=O)N(C)[C@@H]1CCN2CCc3ccccc3[C@@H]2C1. The van der Waals surface area contributed by atoms with Crippen LogP contribution in [0.15, 0.2) is 24.3 Å². The van der Waals surface area contributed by atoms with E-state index in [4.69, 9.17) is 0 Å². The Balaban J connectivity index is 1.84. The first-order valence-corrected chi connectivity index (χ1v) is 8.95. The van der Waals surface area contributed by atoms with E-state index in [1.165, 1.54) is 22.5 Å². The summed E-state index contributed by atoms with van der Waals surface area (Å²) in [5, 5.41) is 0. The monoisotopic (exact) mass is 309 g/mol. The molecule has 1 aromatic rings. The van der Waals surface area contributed by atoms with Crippen LogP contribution in [0.1, 0.15) is 30.0 Å². The van der Waals surface area contributed by atoms with Crippen LogP contribution in [-0.2, 0) is 16.6 Å². The first-order valence-electron chi connectivity index (χ1n) is 7.51. The van der Waals surface area contributed by atoms with E-state index in [1.54, 1.807) is 7.05 Å². The summed E-state index contributed by atoms with van der Waals surface area (Å²) in [5.74, 6) is 0. The third-order valence-electron chi connectivity index (χ3n) is 4.92. The van der Waals surface area contributed by atoms with Crippen LogP contribution in [0.4, 0.5) is 0 Å². The van der Waals surface area contributed by atoms with Crippen molar-refractivity contribution in [2.24, 2.45) is 0 Å². The van der Waals surface area contributed by atoms with Crippen molar-refractivity contribution in [3.63, 3.8) is 0 Å². The minimum absolute atomic E-state index is 0.0647. The molecule has 1 N–H and O–H groups in total. The molecule has 0 amide bonds. The summed E-state index contributed by atoms with van der Waals surface area (Å²) < 4.78 is 27.9. The molecule has 0 aliphatic carbocycles. The quantitative estimate of drug-likeness (QED) is 0.911. The number of nitrogens with zero attached hydrogens (tertiary/aromatic N) is 2. The van der Waals surface area contributed by atoms with Crippen LogP contribution in [0.25, 0.3) is 0 Å². The Labute approximate surface area is 127 Å². The van der Waals surface area contributed by atoms with Crippen molar-refractivity contribution in [1.29, 1.82) is 0 Å². The second kappa shape index (κ2) is 5.68. The molecule has 2 aliphatic rings. The van der Waals surface area contributed by atoms with Crippen molar-refractivity contribution >= 4 is 10.2 Å². The molecule has 0 unspecified atom stereocenters. The highest BCUT2D eigenvalue weighted by Crippen LogP contribution is 2.37. The third-order valence-corrected chi connectivity index (χ3v) is 6.49. The van der Waals surface area contributed by atoms with Crippen LogP contribution in [0.2, 0.25) is 0 Å². The molecular weight excluding hydrogens is 286 g/mol. The maximum Gasteiger partial charge on any atom is 0.279 e. The van der Waals surface area contributed by atoms with Crippen molar-refractivity contribution < 1.29 is 8.42 Å². The van der Waals surface area contributed by atoms with Gasteiger partial charge >= 0.3 is 0 Å². The van der Waals surface area contributed by atoms with Gasteiger partial charge in [0, 0.05) is 39.3 Å². The molecule has 2 atom stereocenters. The molecule has 21 heavy (non-hydrogen) atoms. The molecule has 0 spiro atoms. The van der Waals surface area contributed by atoms with Gasteiger partial charge in [-0.3, -0.25) is 4.90 Å². The van der Waals surface area contributed by atoms with Crippen LogP contribution in [-0.4, -0.2) is 50.8 Å². The number of benzene rings is 1. The lowest BCUT2D eigenvalue weighted by molar-refractivity contribution is 0.0967. The molecule has 0 bridgehead atoms. The molecule has 1 saturated heterocycles. The molecule has 1 aromatic carbocycles. The molecule has 3 rings (SSSR count). The van der Waals surface area contributed by atoms with Gasteiger partial charge in [-0.2, -0.15) is 12.7 Å². The maximum absolute atomic E-state index is 12.0. The highest BCUT2D eigenvalue weighted by atomic mass is 32.2. The second-order valence-corrected chi connectivity index (χ2v) is 7.84. The first-order chi connectivity index (χ1) is 10.0. The molecule has 0 radical (unpaired) electrons. The number of nitrogens with one attached hydrogen (secondary N) is 1. The molecule has 2 heterocycles. The van der Waals surface area contributed by atoms with Crippen LogP contribution in [0.5, 0.6) is 0 Å². The summed E-state index contributed by atoms with van der Waals surface area (Å²) in [6.45, 7) is 2.05. The summed E-state index contributed by atoms with van der Waals surface area (Å²) in [6, 6.07) is 8.98. The van der Waals surface area contributed by atoms with E-state index in [0.717, 1.165) is 32.4 Å². The molecule has 116 valence electrons. The van der Waals surface area contributed by atoms with Crippen molar-refractivity contribution in [3.8, 4) is 0 Å². The standard InChI is InChI=1S/C15H23N3O2S/c1-16-21(19,20)17(2)13-8-10-18-9-7-12-5-3-4-6-14(12)15(18)11-13/h3-6,13,15-16H,7-11H2,1-2H3/t13-,15+/m1/s1. The number of hydrogen-bond donors (Lipinski definition) is 1. The zero-order chi connectivity index (χ0) is 15.0. The fraction of sp³-hybridized carbons (Fsp3) is 0.600. The van der Waals surface area contributed by atoms with Gasteiger partial charge in [0.2, 0.25) is 0 Å². The molecular formula is C15H23N3O2S. The van der Waals surface area contributed by atoms with E-state index in [1.807, 2.05) is 0 Å². The van der Waals surface area contributed by atoms with Gasteiger partial charge in [0.05, 0.1) is 0 Å². The Morgan fingerprint density at radius 1 is 1.29 bits per heavy atom. The lowest BCUT2D eigenvalue weighted by atomic mass is 9.85. The lowest BCUT2D eigenvalue weighted by Gasteiger charge is -2.45. The Morgan fingerprint density at radius 3 is 2.81 bits per heavy atom. The zero-order valence-corrected chi connectivity index (χ0v) is 13.4. The average Bonchev–Trinajstić information content (AvgIpc) is 2.53. The number of rotatable bonds is 3. The van der Waals surface area contributed by atoms with E-state index < -0.39 is 10.2 Å². The Kier molecular flexibility index (Phi) is 4.05. The summed E-state index contributed by atoms with van der Waals surface area (Å²) in [5.41, 5.74) is 2.79. The van der Waals surface area contributed by atoms with Crippen LogP contribution in [0.3, 0.4) is 0 Å². The molecule has 6 heteroatoms. The molecule has 2 aliphatic heterocycles. The highest BCUT2D eigenvalue weighted by Gasteiger charge is 2.37. The van der Waals surface area contributed by atoms with Crippen LogP contribution >= 0.6 is 0 Å². The summed E-state index contributed by atoms with van der Waals surface area (Å²) in [4.78, 5) is 2.50. The van der Waals surface area contributed by atoms with E-state index in [9.17, 15) is 8.42 Å². The Hall–Kier alpha value is -0.950. The average molecular weight is 309 g/mol. The smallest absolute Gasteiger partial charge is 0.279 e. The summed E-state index contributed by atoms with van der Waals surface area (Å²) >= 11 is 0. The predicted octanol–water partition coefficient (Wildman–Crippen LogP) is 1.14. The molecule has 5 nitrogen and oxygen atoms in total. The van der Waals surface area contributed by atoms with Gasteiger partial charge in [0.15, 0.2) is 0 Å². The fourth-order valence-corrected chi connectivity index (χ4v) is 4.48. The maximum atomic E-state index is 12.0. The zero-order valence-electron chi connectivity index (χ0n) is 12.6. The van der Waals surface area contributed by atoms with E-state index in [-0.39, 0.29) is 6.04 Å². The van der Waals surface area contributed by atoms with Crippen molar-refractivity contribution in [2.45, 2.75) is 31.3 Å². The minimum atomic E-state index is -3.35. The molecule has 0 aromatic heterocycles. The Bertz CT molecular complexity index is 617. The Morgan fingerprint density at radius 2 is 2.05 bits per heavy atom. The summed E-state index contributed by atoms with van der Waals surface area (Å²) in [7, 11) is -0.198. The lowest BCUT2D eigenvalue weighted by Crippen LogP contribution is -2.50. The van der Waals surface area contributed by atoms with Gasteiger partial charge in [-0.05, 0) is 30.4 Å². The highest BCUT2D eigenvalue weighted by molar-refractivity contribution is 7.87. The molecule has 0 saturated carbocycles.